The molecule has 1 heterocycles. The van der Waals surface area contributed by atoms with Gasteiger partial charge in [0.25, 0.3) is 0 Å². The molecule has 0 unspecified atom stereocenters. The van der Waals surface area contributed by atoms with Gasteiger partial charge in [0.15, 0.2) is 17.5 Å². The Labute approximate surface area is 155 Å². The summed E-state index contributed by atoms with van der Waals surface area (Å²) in [5, 5.41) is 6.04. The van der Waals surface area contributed by atoms with Crippen LogP contribution in [0.3, 0.4) is 0 Å². The van der Waals surface area contributed by atoms with Gasteiger partial charge in [-0.25, -0.2) is 0 Å². The average Bonchev–Trinajstić information content (AvgIpc) is 2.66. The molecule has 1 aromatic carbocycles. The lowest BCUT2D eigenvalue weighted by atomic mass is 9.92. The Morgan fingerprint density at radius 3 is 2.38 bits per heavy atom. The summed E-state index contributed by atoms with van der Waals surface area (Å²) in [6, 6.07) is 4.08. The number of aliphatic imine (C=N–C) groups is 1. The van der Waals surface area contributed by atoms with Gasteiger partial charge in [-0.05, 0) is 43.5 Å². The first kappa shape index (κ1) is 19.9. The zero-order chi connectivity index (χ0) is 19.3. The van der Waals surface area contributed by atoms with E-state index in [0.29, 0.717) is 6.54 Å². The van der Waals surface area contributed by atoms with Crippen molar-refractivity contribution in [3.63, 3.8) is 0 Å². The zero-order valence-corrected chi connectivity index (χ0v) is 16.6. The Morgan fingerprint density at radius 1 is 1.23 bits per heavy atom. The number of ether oxygens (including phenoxy) is 2. The topological polar surface area (TPSA) is 75.2 Å². The molecule has 1 aliphatic rings. The molecule has 1 amide bonds. The summed E-state index contributed by atoms with van der Waals surface area (Å²) in [5.74, 6) is 2.29. The highest BCUT2D eigenvalue weighted by atomic mass is 16.5. The second kappa shape index (κ2) is 8.29. The first-order valence-electron chi connectivity index (χ1n) is 8.77. The second-order valence-electron chi connectivity index (χ2n) is 7.01. The van der Waals surface area contributed by atoms with E-state index in [-0.39, 0.29) is 5.91 Å². The molecule has 0 aliphatic carbocycles. The number of benzene rings is 1. The van der Waals surface area contributed by atoms with Crippen LogP contribution in [-0.4, -0.2) is 58.2 Å². The highest BCUT2D eigenvalue weighted by Gasteiger charge is 2.28. The predicted molar refractivity (Wildman–Crippen MR) is 103 cm³/mol. The molecule has 0 spiro atoms. The highest BCUT2D eigenvalue weighted by Crippen LogP contribution is 2.33. The largest absolute Gasteiger partial charge is 0.493 e. The second-order valence-corrected chi connectivity index (χ2v) is 7.01. The SMILES string of the molecule is CN=C(NCC(C)(C)C(=O)NC)N1CCc2cc(OC)c(OC)cc2C1. The monoisotopic (exact) mass is 362 g/mol. The molecule has 144 valence electrons. The molecule has 0 aromatic heterocycles. The van der Waals surface area contributed by atoms with E-state index < -0.39 is 5.41 Å². The van der Waals surface area contributed by atoms with Crippen molar-refractivity contribution >= 4 is 11.9 Å². The summed E-state index contributed by atoms with van der Waals surface area (Å²) < 4.78 is 10.8. The van der Waals surface area contributed by atoms with Crippen LogP contribution >= 0.6 is 0 Å². The van der Waals surface area contributed by atoms with E-state index in [1.165, 1.54) is 11.1 Å². The van der Waals surface area contributed by atoms with E-state index in [9.17, 15) is 4.79 Å². The van der Waals surface area contributed by atoms with Crippen LogP contribution in [-0.2, 0) is 17.8 Å². The van der Waals surface area contributed by atoms with Crippen molar-refractivity contribution in [1.82, 2.24) is 15.5 Å². The van der Waals surface area contributed by atoms with Crippen LogP contribution in [0.1, 0.15) is 25.0 Å². The third kappa shape index (κ3) is 4.20. The number of fused-ring (bicyclic) bond motifs is 1. The summed E-state index contributed by atoms with van der Waals surface area (Å²) in [5.41, 5.74) is 1.94. The Balaban J connectivity index is 2.12. The van der Waals surface area contributed by atoms with Gasteiger partial charge in [0.1, 0.15) is 0 Å². The molecule has 0 saturated heterocycles. The number of rotatable bonds is 5. The fraction of sp³-hybridized carbons (Fsp3) is 0.579. The Bertz CT molecular complexity index is 686. The van der Waals surface area contributed by atoms with Gasteiger partial charge >= 0.3 is 0 Å². The zero-order valence-electron chi connectivity index (χ0n) is 16.6. The van der Waals surface area contributed by atoms with Crippen LogP contribution < -0.4 is 20.1 Å². The summed E-state index contributed by atoms with van der Waals surface area (Å²) in [7, 11) is 6.72. The summed E-state index contributed by atoms with van der Waals surface area (Å²) in [6.07, 6.45) is 0.898. The van der Waals surface area contributed by atoms with Crippen molar-refractivity contribution in [2.24, 2.45) is 10.4 Å². The molecule has 26 heavy (non-hydrogen) atoms. The standard InChI is InChI=1S/C19H30N4O3/c1-19(2,17(24)20-3)12-22-18(21-4)23-8-7-13-9-15(25-5)16(26-6)10-14(13)11-23/h9-10H,7-8,11-12H2,1-6H3,(H,20,24)(H,21,22). The fourth-order valence-corrected chi connectivity index (χ4v) is 3.11. The number of carbonyl (C=O) groups is 1. The molecule has 7 heteroatoms. The quantitative estimate of drug-likeness (QED) is 0.612. The van der Waals surface area contributed by atoms with Gasteiger partial charge in [-0.15, -0.1) is 0 Å². The number of amides is 1. The van der Waals surface area contributed by atoms with E-state index in [2.05, 4.69) is 26.6 Å². The van der Waals surface area contributed by atoms with Crippen molar-refractivity contribution < 1.29 is 14.3 Å². The number of carbonyl (C=O) groups excluding carboxylic acids is 1. The molecule has 2 N–H and O–H groups in total. The maximum Gasteiger partial charge on any atom is 0.227 e. The van der Waals surface area contributed by atoms with Crippen molar-refractivity contribution in [3.8, 4) is 11.5 Å². The first-order valence-corrected chi connectivity index (χ1v) is 8.77. The van der Waals surface area contributed by atoms with Crippen LogP contribution in [0.4, 0.5) is 0 Å². The molecule has 0 fully saturated rings. The molecule has 0 radical (unpaired) electrons. The van der Waals surface area contributed by atoms with Crippen LogP contribution in [0, 0.1) is 5.41 Å². The smallest absolute Gasteiger partial charge is 0.227 e. The van der Waals surface area contributed by atoms with Crippen LogP contribution in [0.15, 0.2) is 17.1 Å². The van der Waals surface area contributed by atoms with Gasteiger partial charge in [0, 0.05) is 33.7 Å². The number of hydrogen-bond donors (Lipinski definition) is 2. The van der Waals surface area contributed by atoms with Crippen molar-refractivity contribution in [2.45, 2.75) is 26.8 Å². The minimum absolute atomic E-state index is 0.00118. The highest BCUT2D eigenvalue weighted by molar-refractivity contribution is 5.84. The molecular weight excluding hydrogens is 332 g/mol. The van der Waals surface area contributed by atoms with Crippen molar-refractivity contribution in [2.75, 3.05) is 41.4 Å². The van der Waals surface area contributed by atoms with Crippen LogP contribution in [0.5, 0.6) is 11.5 Å². The molecule has 1 aliphatic heterocycles. The lowest BCUT2D eigenvalue weighted by Gasteiger charge is -2.33. The first-order chi connectivity index (χ1) is 12.4. The van der Waals surface area contributed by atoms with E-state index in [1.807, 2.05) is 19.9 Å². The van der Waals surface area contributed by atoms with Gasteiger partial charge < -0.3 is 25.0 Å². The molecule has 2 rings (SSSR count). The van der Waals surface area contributed by atoms with Crippen molar-refractivity contribution in [3.05, 3.63) is 23.3 Å². The molecule has 1 aromatic rings. The summed E-state index contributed by atoms with van der Waals surface area (Å²) >= 11 is 0. The predicted octanol–water partition coefficient (Wildman–Crippen LogP) is 1.41. The van der Waals surface area contributed by atoms with Crippen LogP contribution in [0.25, 0.3) is 0 Å². The van der Waals surface area contributed by atoms with Crippen molar-refractivity contribution in [1.29, 1.82) is 0 Å². The maximum atomic E-state index is 12.0. The number of nitrogens with one attached hydrogen (secondary N) is 2. The fourth-order valence-electron chi connectivity index (χ4n) is 3.11. The van der Waals surface area contributed by atoms with Gasteiger partial charge in [0.2, 0.25) is 5.91 Å². The van der Waals surface area contributed by atoms with E-state index in [1.54, 1.807) is 28.3 Å². The van der Waals surface area contributed by atoms with Gasteiger partial charge in [-0.3, -0.25) is 9.79 Å². The third-order valence-corrected chi connectivity index (χ3v) is 4.76. The van der Waals surface area contributed by atoms with Gasteiger partial charge in [-0.2, -0.15) is 0 Å². The Kier molecular flexibility index (Phi) is 6.34. The average molecular weight is 362 g/mol. The molecule has 0 bridgehead atoms. The van der Waals surface area contributed by atoms with E-state index >= 15 is 0 Å². The molecule has 7 nitrogen and oxygen atoms in total. The minimum Gasteiger partial charge on any atom is -0.493 e. The number of methoxy groups -OCH3 is 2. The molecular formula is C19H30N4O3. The number of guanidine groups is 1. The Morgan fingerprint density at radius 2 is 1.85 bits per heavy atom. The number of hydrogen-bond acceptors (Lipinski definition) is 4. The van der Waals surface area contributed by atoms with Gasteiger partial charge in [0.05, 0.1) is 19.6 Å². The third-order valence-electron chi connectivity index (χ3n) is 4.76. The summed E-state index contributed by atoms with van der Waals surface area (Å²) in [4.78, 5) is 18.6. The lowest BCUT2D eigenvalue weighted by Crippen LogP contribution is -2.49. The summed E-state index contributed by atoms with van der Waals surface area (Å²) in [6.45, 7) is 5.91. The molecule has 0 saturated carbocycles. The minimum atomic E-state index is -0.519. The Hall–Kier alpha value is -2.44. The van der Waals surface area contributed by atoms with E-state index in [0.717, 1.165) is 37.0 Å². The van der Waals surface area contributed by atoms with Gasteiger partial charge in [-0.1, -0.05) is 0 Å². The normalized spacial score (nSPS) is 14.5. The maximum absolute atomic E-state index is 12.0. The molecule has 0 atom stereocenters. The lowest BCUT2D eigenvalue weighted by molar-refractivity contribution is -0.128. The van der Waals surface area contributed by atoms with E-state index in [4.69, 9.17) is 9.47 Å². The number of nitrogens with zero attached hydrogens (tertiary/aromatic N) is 2. The van der Waals surface area contributed by atoms with Crippen LogP contribution in [0.2, 0.25) is 0 Å².